The van der Waals surface area contributed by atoms with Crippen LogP contribution in [-0.2, 0) is 0 Å². The molecule has 1 aromatic heterocycles. The quantitative estimate of drug-likeness (QED) is 0.552. The van der Waals surface area contributed by atoms with E-state index in [2.05, 4.69) is 25.2 Å². The minimum atomic E-state index is -0.311. The van der Waals surface area contributed by atoms with Crippen molar-refractivity contribution in [3.05, 3.63) is 52.4 Å². The van der Waals surface area contributed by atoms with Crippen LogP contribution in [0.5, 0.6) is 0 Å². The third-order valence-corrected chi connectivity index (χ3v) is 7.43. The highest BCUT2D eigenvalue weighted by Gasteiger charge is 2.35. The number of amides is 3. The summed E-state index contributed by atoms with van der Waals surface area (Å²) < 4.78 is 4.46. The molecule has 8 heteroatoms. The van der Waals surface area contributed by atoms with Gasteiger partial charge in [0.05, 0.1) is 5.52 Å². The Morgan fingerprint density at radius 1 is 1.06 bits per heavy atom. The summed E-state index contributed by atoms with van der Waals surface area (Å²) in [4.78, 5) is 28.5. The highest BCUT2D eigenvalue weighted by molar-refractivity contribution is 7.09. The number of benzene rings is 2. The van der Waals surface area contributed by atoms with Gasteiger partial charge in [-0.2, -0.15) is 4.37 Å². The molecule has 3 aliphatic heterocycles. The van der Waals surface area contributed by atoms with Gasteiger partial charge in [0, 0.05) is 29.3 Å². The number of aryl methyl sites for hydroxylation is 2. The van der Waals surface area contributed by atoms with Gasteiger partial charge in [-0.1, -0.05) is 12.1 Å². The molecule has 0 saturated carbocycles. The van der Waals surface area contributed by atoms with Gasteiger partial charge in [0.25, 0.3) is 5.91 Å². The maximum absolute atomic E-state index is 13.0. The van der Waals surface area contributed by atoms with Gasteiger partial charge in [-0.25, -0.2) is 4.79 Å². The molecule has 2 aromatic carbocycles. The van der Waals surface area contributed by atoms with Crippen molar-refractivity contribution in [3.63, 3.8) is 0 Å². The zero-order valence-corrected chi connectivity index (χ0v) is 19.1. The minimum absolute atomic E-state index is 0.0513. The fraction of sp³-hybridized carbons (Fsp3) is 0.375. The first-order chi connectivity index (χ1) is 15.5. The molecule has 0 unspecified atom stereocenters. The summed E-state index contributed by atoms with van der Waals surface area (Å²) in [5, 5.41) is 9.81. The van der Waals surface area contributed by atoms with Gasteiger partial charge in [-0.3, -0.25) is 4.79 Å². The molecule has 3 aliphatic rings. The smallest absolute Gasteiger partial charge is 0.323 e. The van der Waals surface area contributed by atoms with Crippen molar-refractivity contribution in [2.24, 2.45) is 5.92 Å². The van der Waals surface area contributed by atoms with Crippen molar-refractivity contribution in [1.82, 2.24) is 14.6 Å². The second-order valence-electron chi connectivity index (χ2n) is 8.86. The number of hydrogen-bond donors (Lipinski definition) is 3. The van der Waals surface area contributed by atoms with Gasteiger partial charge in [0.2, 0.25) is 0 Å². The first-order valence-corrected chi connectivity index (χ1v) is 11.8. The van der Waals surface area contributed by atoms with Crippen molar-refractivity contribution >= 4 is 45.7 Å². The lowest BCUT2D eigenvalue weighted by Crippen LogP contribution is -2.57. The van der Waals surface area contributed by atoms with E-state index in [0.29, 0.717) is 22.0 Å². The van der Waals surface area contributed by atoms with Gasteiger partial charge in [0.1, 0.15) is 4.88 Å². The predicted molar refractivity (Wildman–Crippen MR) is 129 cm³/mol. The Kier molecular flexibility index (Phi) is 5.57. The molecule has 32 heavy (non-hydrogen) atoms. The Balaban J connectivity index is 1.27. The second-order valence-corrected chi connectivity index (χ2v) is 9.63. The average molecular weight is 450 g/mol. The molecule has 3 saturated heterocycles. The molecular weight excluding hydrogens is 422 g/mol. The van der Waals surface area contributed by atoms with E-state index in [4.69, 9.17) is 0 Å². The highest BCUT2D eigenvalue weighted by atomic mass is 32.1. The topological polar surface area (TPSA) is 86.4 Å². The van der Waals surface area contributed by atoms with E-state index < -0.39 is 0 Å². The van der Waals surface area contributed by atoms with Crippen LogP contribution in [0.1, 0.15) is 33.6 Å². The zero-order chi connectivity index (χ0) is 22.2. The number of hydrogen-bond acceptors (Lipinski definition) is 5. The van der Waals surface area contributed by atoms with Crippen LogP contribution in [0.15, 0.2) is 36.4 Å². The van der Waals surface area contributed by atoms with Crippen molar-refractivity contribution < 1.29 is 9.59 Å². The number of aromatic nitrogens is 1. The monoisotopic (exact) mass is 449 g/mol. The summed E-state index contributed by atoms with van der Waals surface area (Å²) in [6, 6.07) is 11.3. The highest BCUT2D eigenvalue weighted by Crippen LogP contribution is 2.29. The van der Waals surface area contributed by atoms with E-state index in [0.717, 1.165) is 54.7 Å². The van der Waals surface area contributed by atoms with Crippen LogP contribution in [0.2, 0.25) is 0 Å². The summed E-state index contributed by atoms with van der Waals surface area (Å²) in [6.45, 7) is 7.18. The molecule has 3 amide bonds. The number of anilines is 2. The van der Waals surface area contributed by atoms with E-state index in [1.165, 1.54) is 11.5 Å². The maximum Gasteiger partial charge on any atom is 0.323 e. The number of fused-ring (bicyclic) bond motifs is 4. The van der Waals surface area contributed by atoms with E-state index in [9.17, 15) is 9.59 Å². The number of piperidine rings is 3. The van der Waals surface area contributed by atoms with Crippen LogP contribution in [-0.4, -0.2) is 46.9 Å². The van der Waals surface area contributed by atoms with Crippen LogP contribution >= 0.6 is 11.5 Å². The van der Waals surface area contributed by atoms with E-state index >= 15 is 0 Å². The Morgan fingerprint density at radius 2 is 1.88 bits per heavy atom. The fourth-order valence-electron chi connectivity index (χ4n) is 4.70. The van der Waals surface area contributed by atoms with Gasteiger partial charge in [-0.05, 0) is 92.6 Å². The first kappa shape index (κ1) is 20.9. The van der Waals surface area contributed by atoms with Crippen LogP contribution in [0.3, 0.4) is 0 Å². The molecule has 2 bridgehead atoms. The lowest BCUT2D eigenvalue weighted by Gasteiger charge is -2.44. The normalized spacial score (nSPS) is 22.0. The van der Waals surface area contributed by atoms with E-state index in [1.54, 1.807) is 6.07 Å². The SMILES string of the molecule is Cc1ccc(C)c(NC(=O)Nc2ccc3c(C(=O)N[C@H]4CN5CCC4CC5)snc3c2)c1. The minimum Gasteiger partial charge on any atom is -0.347 e. The Bertz CT molecular complexity index is 1180. The average Bonchev–Trinajstić information content (AvgIpc) is 3.20. The van der Waals surface area contributed by atoms with Crippen LogP contribution in [0, 0.1) is 19.8 Å². The lowest BCUT2D eigenvalue weighted by atomic mass is 9.84. The molecule has 0 spiro atoms. The molecule has 3 aromatic rings. The molecule has 3 N–H and O–H groups in total. The standard InChI is InChI=1S/C24H27N5O2S/c1-14-3-4-15(2)19(11-14)27-24(31)25-17-5-6-18-20(12-17)28-32-22(18)23(30)26-21-13-29-9-7-16(21)8-10-29/h3-6,11-12,16,21H,7-10,13H2,1-2H3,(H,26,30)(H2,25,27,31)/t21-/m0/s1. The molecule has 1 atom stereocenters. The maximum atomic E-state index is 13.0. The summed E-state index contributed by atoms with van der Waals surface area (Å²) in [5.41, 5.74) is 4.20. The van der Waals surface area contributed by atoms with Crippen molar-refractivity contribution in [2.45, 2.75) is 32.7 Å². The number of urea groups is 1. The predicted octanol–water partition coefficient (Wildman–Crippen LogP) is 4.38. The molecule has 7 nitrogen and oxygen atoms in total. The summed E-state index contributed by atoms with van der Waals surface area (Å²) in [7, 11) is 0. The van der Waals surface area contributed by atoms with Gasteiger partial charge in [0.15, 0.2) is 0 Å². The molecular formula is C24H27N5O2S. The second kappa shape index (κ2) is 8.52. The van der Waals surface area contributed by atoms with Crippen molar-refractivity contribution in [1.29, 1.82) is 0 Å². The van der Waals surface area contributed by atoms with E-state index in [1.807, 2.05) is 44.2 Å². The summed E-state index contributed by atoms with van der Waals surface area (Å²) in [5.74, 6) is 0.527. The number of nitrogens with zero attached hydrogens (tertiary/aromatic N) is 2. The van der Waals surface area contributed by atoms with Crippen LogP contribution < -0.4 is 16.0 Å². The molecule has 3 fully saturated rings. The number of nitrogens with one attached hydrogen (secondary N) is 3. The third kappa shape index (κ3) is 4.20. The van der Waals surface area contributed by atoms with Crippen molar-refractivity contribution in [3.8, 4) is 0 Å². The molecule has 166 valence electrons. The lowest BCUT2D eigenvalue weighted by molar-refractivity contribution is 0.0623. The number of carbonyl (C=O) groups excluding carboxylic acids is 2. The van der Waals surface area contributed by atoms with Crippen LogP contribution in [0.4, 0.5) is 16.2 Å². The fourth-order valence-corrected chi connectivity index (χ4v) is 5.46. The van der Waals surface area contributed by atoms with Gasteiger partial charge < -0.3 is 20.9 Å². The van der Waals surface area contributed by atoms with Crippen molar-refractivity contribution in [2.75, 3.05) is 30.3 Å². The molecule has 0 aliphatic carbocycles. The third-order valence-electron chi connectivity index (χ3n) is 6.56. The van der Waals surface area contributed by atoms with Gasteiger partial charge >= 0.3 is 6.03 Å². The number of carbonyl (C=O) groups is 2. The number of rotatable bonds is 4. The Labute approximate surface area is 191 Å². The first-order valence-electron chi connectivity index (χ1n) is 11.0. The van der Waals surface area contributed by atoms with E-state index in [-0.39, 0.29) is 18.0 Å². The Morgan fingerprint density at radius 3 is 2.62 bits per heavy atom. The molecule has 4 heterocycles. The van der Waals surface area contributed by atoms with Gasteiger partial charge in [-0.15, -0.1) is 0 Å². The molecule has 0 radical (unpaired) electrons. The largest absolute Gasteiger partial charge is 0.347 e. The zero-order valence-electron chi connectivity index (χ0n) is 18.3. The summed E-state index contributed by atoms with van der Waals surface area (Å²) >= 11 is 1.21. The summed E-state index contributed by atoms with van der Waals surface area (Å²) in [6.07, 6.45) is 2.32. The Hall–Kier alpha value is -2.97. The van der Waals surface area contributed by atoms with Crippen LogP contribution in [0.25, 0.3) is 10.9 Å². The molecule has 6 rings (SSSR count).